The minimum atomic E-state index is -0.162. The summed E-state index contributed by atoms with van der Waals surface area (Å²) >= 11 is 1.86. The summed E-state index contributed by atoms with van der Waals surface area (Å²) in [5, 5.41) is 23.2. The summed E-state index contributed by atoms with van der Waals surface area (Å²) in [5.74, 6) is 0.732. The Balaban J connectivity index is 1.25. The number of aliphatic hydroxyl groups excluding tert-OH is 1. The Bertz CT molecular complexity index is 763. The Labute approximate surface area is 241 Å². The number of rotatable bonds is 24. The first-order valence-corrected chi connectivity index (χ1v) is 15.4. The molecule has 40 heavy (non-hydrogen) atoms. The minimum absolute atomic E-state index is 0.0514. The fraction of sp³-hybridized carbons (Fsp3) is 0.846. The molecule has 2 saturated heterocycles. The predicted octanol–water partition coefficient (Wildman–Crippen LogP) is -0.337. The van der Waals surface area contributed by atoms with Gasteiger partial charge in [-0.2, -0.15) is 11.8 Å². The van der Waals surface area contributed by atoms with E-state index >= 15 is 0 Å². The smallest absolute Gasteiger partial charge is 0.315 e. The first-order chi connectivity index (χ1) is 19.5. The van der Waals surface area contributed by atoms with Gasteiger partial charge in [-0.25, -0.2) is 4.79 Å². The van der Waals surface area contributed by atoms with Crippen molar-refractivity contribution in [1.82, 2.24) is 26.6 Å². The van der Waals surface area contributed by atoms with Crippen LogP contribution in [0.1, 0.15) is 51.4 Å². The standard InChI is InChI=1S/C26H47N5O8S/c32-12-11-29-24(35)8-2-7-23(34)28-10-4-14-38-16-18-39-17-15-37-13-3-9-27-22(33)6-1-5-21-25-20(19-40-21)30-26(36)31-25/h20-21,25,32H,1-19H2,(H,27,33)(H,28,34)(H,29,35)(H2,30,31,36)/t20-,21?,25-/m0/s1. The number of hydrogen-bond acceptors (Lipinski definition) is 9. The van der Waals surface area contributed by atoms with Crippen molar-refractivity contribution in [3.63, 3.8) is 0 Å². The van der Waals surface area contributed by atoms with Crippen LogP contribution in [0.5, 0.6) is 0 Å². The zero-order chi connectivity index (χ0) is 28.8. The van der Waals surface area contributed by atoms with Crippen molar-refractivity contribution in [2.24, 2.45) is 0 Å². The quantitative estimate of drug-likeness (QED) is 0.0650. The molecule has 3 atom stereocenters. The van der Waals surface area contributed by atoms with Gasteiger partial charge in [0.2, 0.25) is 17.7 Å². The molecule has 2 aliphatic rings. The van der Waals surface area contributed by atoms with E-state index in [0.29, 0.717) is 83.7 Å². The van der Waals surface area contributed by atoms with E-state index in [-0.39, 0.29) is 55.4 Å². The van der Waals surface area contributed by atoms with Gasteiger partial charge >= 0.3 is 6.03 Å². The largest absolute Gasteiger partial charge is 0.395 e. The average molecular weight is 590 g/mol. The molecule has 1 unspecified atom stereocenters. The number of hydrogen-bond donors (Lipinski definition) is 6. The van der Waals surface area contributed by atoms with Crippen LogP contribution in [0.3, 0.4) is 0 Å². The van der Waals surface area contributed by atoms with Gasteiger partial charge in [0.15, 0.2) is 0 Å². The molecule has 0 aromatic heterocycles. The van der Waals surface area contributed by atoms with Crippen molar-refractivity contribution in [2.45, 2.75) is 68.7 Å². The fourth-order valence-corrected chi connectivity index (χ4v) is 5.87. The molecule has 0 bridgehead atoms. The van der Waals surface area contributed by atoms with Crippen LogP contribution in [-0.4, -0.2) is 118 Å². The van der Waals surface area contributed by atoms with Gasteiger partial charge in [-0.3, -0.25) is 14.4 Å². The topological polar surface area (TPSA) is 176 Å². The fourth-order valence-electron chi connectivity index (χ4n) is 4.32. The Morgan fingerprint density at radius 3 is 1.85 bits per heavy atom. The van der Waals surface area contributed by atoms with Crippen LogP contribution >= 0.6 is 11.8 Å². The molecule has 14 heteroatoms. The van der Waals surface area contributed by atoms with Gasteiger partial charge in [-0.05, 0) is 32.1 Å². The van der Waals surface area contributed by atoms with E-state index in [1.165, 1.54) is 0 Å². The molecule has 6 N–H and O–H groups in total. The summed E-state index contributed by atoms with van der Waals surface area (Å²) in [5.41, 5.74) is 0. The van der Waals surface area contributed by atoms with Gasteiger partial charge in [0, 0.05) is 63.1 Å². The lowest BCUT2D eigenvalue weighted by molar-refractivity contribution is -0.123. The molecule has 230 valence electrons. The van der Waals surface area contributed by atoms with Crippen LogP contribution in [-0.2, 0) is 28.6 Å². The average Bonchev–Trinajstić information content (AvgIpc) is 3.48. The Morgan fingerprint density at radius 1 is 0.750 bits per heavy atom. The molecule has 0 aromatic carbocycles. The monoisotopic (exact) mass is 589 g/mol. The minimum Gasteiger partial charge on any atom is -0.395 e. The number of aliphatic hydroxyl groups is 1. The second-order valence-electron chi connectivity index (χ2n) is 9.69. The molecule has 13 nitrogen and oxygen atoms in total. The Kier molecular flexibility index (Phi) is 18.4. The second-order valence-corrected chi connectivity index (χ2v) is 11.0. The second kappa shape index (κ2) is 21.6. The van der Waals surface area contributed by atoms with Gasteiger partial charge in [0.25, 0.3) is 0 Å². The van der Waals surface area contributed by atoms with Gasteiger partial charge in [-0.15, -0.1) is 0 Å². The van der Waals surface area contributed by atoms with Crippen LogP contribution in [0.2, 0.25) is 0 Å². The number of urea groups is 1. The lowest BCUT2D eigenvalue weighted by Gasteiger charge is -2.16. The first-order valence-electron chi connectivity index (χ1n) is 14.3. The molecule has 2 fully saturated rings. The van der Waals surface area contributed by atoms with Crippen LogP contribution < -0.4 is 26.6 Å². The van der Waals surface area contributed by atoms with Crippen molar-refractivity contribution in [1.29, 1.82) is 0 Å². The summed E-state index contributed by atoms with van der Waals surface area (Å²) < 4.78 is 16.5. The van der Waals surface area contributed by atoms with Crippen LogP contribution in [0, 0.1) is 0 Å². The van der Waals surface area contributed by atoms with E-state index in [9.17, 15) is 19.2 Å². The molecule has 2 heterocycles. The van der Waals surface area contributed by atoms with Crippen molar-refractivity contribution >= 4 is 35.5 Å². The van der Waals surface area contributed by atoms with Crippen molar-refractivity contribution in [2.75, 3.05) is 71.6 Å². The van der Waals surface area contributed by atoms with Crippen molar-refractivity contribution in [3.8, 4) is 0 Å². The van der Waals surface area contributed by atoms with E-state index in [2.05, 4.69) is 26.6 Å². The van der Waals surface area contributed by atoms with E-state index < -0.39 is 0 Å². The molecular weight excluding hydrogens is 542 g/mol. The highest BCUT2D eigenvalue weighted by Gasteiger charge is 2.42. The third-order valence-corrected chi connectivity index (χ3v) is 7.90. The highest BCUT2D eigenvalue weighted by molar-refractivity contribution is 8.00. The van der Waals surface area contributed by atoms with Crippen molar-refractivity contribution in [3.05, 3.63) is 0 Å². The van der Waals surface area contributed by atoms with Gasteiger partial charge in [0.05, 0.1) is 45.1 Å². The van der Waals surface area contributed by atoms with Gasteiger partial charge < -0.3 is 45.9 Å². The van der Waals surface area contributed by atoms with Gasteiger partial charge in [0.1, 0.15) is 0 Å². The number of carbonyl (C=O) groups is 4. The molecule has 0 aromatic rings. The van der Waals surface area contributed by atoms with E-state index in [1.54, 1.807) is 0 Å². The Morgan fingerprint density at radius 2 is 1.27 bits per heavy atom. The molecule has 0 aliphatic carbocycles. The maximum atomic E-state index is 12.0. The predicted molar refractivity (Wildman–Crippen MR) is 151 cm³/mol. The SMILES string of the molecule is O=C(CCCC(=O)NCCCOCCOCCOCCCNC(=O)CCCC1SC[C@@H]2NC(=O)N[C@H]12)NCCO. The highest BCUT2D eigenvalue weighted by atomic mass is 32.2. The van der Waals surface area contributed by atoms with Gasteiger partial charge in [-0.1, -0.05) is 0 Å². The lowest BCUT2D eigenvalue weighted by Crippen LogP contribution is -2.37. The molecular formula is C26H47N5O8S. The lowest BCUT2D eigenvalue weighted by atomic mass is 10.0. The van der Waals surface area contributed by atoms with Crippen molar-refractivity contribution < 1.29 is 38.5 Å². The summed E-state index contributed by atoms with van der Waals surface area (Å²) in [4.78, 5) is 46.5. The maximum Gasteiger partial charge on any atom is 0.315 e. The summed E-state index contributed by atoms with van der Waals surface area (Å²) in [6.07, 6.45) is 4.70. The number of ether oxygens (including phenoxy) is 3. The molecule has 0 saturated carbocycles. The number of fused-ring (bicyclic) bond motifs is 1. The highest BCUT2D eigenvalue weighted by Crippen LogP contribution is 2.32. The molecule has 0 radical (unpaired) electrons. The molecule has 2 aliphatic heterocycles. The van der Waals surface area contributed by atoms with E-state index in [0.717, 1.165) is 25.0 Å². The molecule has 2 rings (SSSR count). The number of thioether (sulfide) groups is 1. The van der Waals surface area contributed by atoms with Crippen LogP contribution in [0.15, 0.2) is 0 Å². The summed E-state index contributed by atoms with van der Waals surface area (Å²) in [6, 6.07) is 0.322. The molecule has 5 amide bonds. The normalized spacial score (nSPS) is 19.5. The number of carbonyl (C=O) groups excluding carboxylic acids is 4. The van der Waals surface area contributed by atoms with Crippen LogP contribution in [0.25, 0.3) is 0 Å². The summed E-state index contributed by atoms with van der Waals surface area (Å²) in [6.45, 7) is 4.20. The molecule has 0 spiro atoms. The summed E-state index contributed by atoms with van der Waals surface area (Å²) in [7, 11) is 0. The van der Waals surface area contributed by atoms with E-state index in [1.807, 2.05) is 11.8 Å². The first kappa shape index (κ1) is 34.1. The number of amides is 5. The maximum absolute atomic E-state index is 12.0. The van der Waals surface area contributed by atoms with Crippen LogP contribution in [0.4, 0.5) is 4.79 Å². The third kappa shape index (κ3) is 15.6. The number of nitrogens with one attached hydrogen (secondary N) is 5. The third-order valence-electron chi connectivity index (χ3n) is 6.39. The Hall–Kier alpha value is -2.13. The zero-order valence-corrected chi connectivity index (χ0v) is 24.2. The zero-order valence-electron chi connectivity index (χ0n) is 23.4. The van der Waals surface area contributed by atoms with E-state index in [4.69, 9.17) is 19.3 Å².